The summed E-state index contributed by atoms with van der Waals surface area (Å²) in [5, 5.41) is 10.3. The summed E-state index contributed by atoms with van der Waals surface area (Å²) < 4.78 is 5.22. The normalized spacial score (nSPS) is 11.9. The summed E-state index contributed by atoms with van der Waals surface area (Å²) in [5.41, 5.74) is 1.20. The average molecular weight is 323 g/mol. The number of carbonyl (C=O) groups is 1. The first-order valence-corrected chi connectivity index (χ1v) is 7.54. The second kappa shape index (κ2) is 7.52. The molecule has 0 saturated heterocycles. The first-order chi connectivity index (χ1) is 11.7. The Morgan fingerprint density at radius 3 is 2.67 bits per heavy atom. The van der Waals surface area contributed by atoms with Gasteiger partial charge in [-0.15, -0.1) is 0 Å². The molecule has 3 aromatic rings. The Balaban J connectivity index is 1.81. The van der Waals surface area contributed by atoms with E-state index in [1.54, 1.807) is 12.1 Å². The molecular weight excluding hydrogens is 306 g/mol. The number of aliphatic hydroxyl groups is 1. The Morgan fingerprint density at radius 1 is 1.17 bits per heavy atom. The van der Waals surface area contributed by atoms with Crippen LogP contribution in [0.25, 0.3) is 0 Å². The zero-order valence-electron chi connectivity index (χ0n) is 12.9. The molecule has 0 radical (unpaired) electrons. The molecule has 6 heteroatoms. The lowest BCUT2D eigenvalue weighted by atomic mass is 10.2. The summed E-state index contributed by atoms with van der Waals surface area (Å²) in [6.07, 6.45) is 4.97. The smallest absolute Gasteiger partial charge is 0.274 e. The van der Waals surface area contributed by atoms with Gasteiger partial charge in [0.25, 0.3) is 5.91 Å². The van der Waals surface area contributed by atoms with Gasteiger partial charge in [-0.25, -0.2) is 4.98 Å². The number of carbonyl (C=O) groups excluding carboxylic acids is 1. The van der Waals surface area contributed by atoms with Crippen LogP contribution in [0, 0.1) is 0 Å². The second-order valence-electron chi connectivity index (χ2n) is 5.29. The standard InChI is InChI=1S/C18H17N3O3/c22-16(17-7-4-10-24-17)13-21(12-14-5-2-1-3-6-14)18(23)15-11-19-8-9-20-15/h1-11,16,22H,12-13H2/t16-/m1/s1. The maximum absolute atomic E-state index is 12.7. The number of aliphatic hydroxyl groups excluding tert-OH is 1. The van der Waals surface area contributed by atoms with Gasteiger partial charge in [-0.1, -0.05) is 30.3 Å². The fourth-order valence-corrected chi connectivity index (χ4v) is 2.37. The minimum atomic E-state index is -0.913. The summed E-state index contributed by atoms with van der Waals surface area (Å²) in [6.45, 7) is 0.450. The van der Waals surface area contributed by atoms with Crippen LogP contribution in [0.5, 0.6) is 0 Å². The van der Waals surface area contributed by atoms with Gasteiger partial charge >= 0.3 is 0 Å². The molecule has 1 atom stereocenters. The Hall–Kier alpha value is -2.99. The number of rotatable bonds is 6. The molecule has 1 aromatic carbocycles. The SMILES string of the molecule is O=C(c1cnccn1)N(Cc1ccccc1)C[C@@H](O)c1ccco1. The molecule has 24 heavy (non-hydrogen) atoms. The molecular formula is C18H17N3O3. The molecule has 3 rings (SSSR count). The Morgan fingerprint density at radius 2 is 2.00 bits per heavy atom. The molecule has 2 heterocycles. The van der Waals surface area contributed by atoms with Crippen LogP contribution in [0.2, 0.25) is 0 Å². The van der Waals surface area contributed by atoms with Crippen LogP contribution in [-0.2, 0) is 6.54 Å². The Kier molecular flexibility index (Phi) is 4.98. The number of hydrogen-bond acceptors (Lipinski definition) is 5. The molecule has 0 bridgehead atoms. The van der Waals surface area contributed by atoms with Gasteiger partial charge in [0.05, 0.1) is 19.0 Å². The molecule has 1 N–H and O–H groups in total. The van der Waals surface area contributed by atoms with E-state index in [0.29, 0.717) is 12.3 Å². The van der Waals surface area contributed by atoms with E-state index in [4.69, 9.17) is 4.42 Å². The monoisotopic (exact) mass is 323 g/mol. The molecule has 0 spiro atoms. The fraction of sp³-hybridized carbons (Fsp3) is 0.167. The third kappa shape index (κ3) is 3.85. The topological polar surface area (TPSA) is 79.5 Å². The van der Waals surface area contributed by atoms with Crippen molar-refractivity contribution in [1.82, 2.24) is 14.9 Å². The van der Waals surface area contributed by atoms with Crippen molar-refractivity contribution in [3.05, 3.63) is 84.3 Å². The summed E-state index contributed by atoms with van der Waals surface area (Å²) in [5.74, 6) is 0.123. The largest absolute Gasteiger partial charge is 0.467 e. The van der Waals surface area contributed by atoms with E-state index in [1.807, 2.05) is 30.3 Å². The first kappa shape index (κ1) is 15.9. The minimum Gasteiger partial charge on any atom is -0.467 e. The van der Waals surface area contributed by atoms with E-state index in [-0.39, 0.29) is 18.1 Å². The molecule has 0 fully saturated rings. The number of aromatic nitrogens is 2. The van der Waals surface area contributed by atoms with E-state index in [9.17, 15) is 9.90 Å². The number of amides is 1. The maximum atomic E-state index is 12.7. The van der Waals surface area contributed by atoms with Crippen molar-refractivity contribution >= 4 is 5.91 Å². The van der Waals surface area contributed by atoms with E-state index in [2.05, 4.69) is 9.97 Å². The van der Waals surface area contributed by atoms with Crippen molar-refractivity contribution in [2.45, 2.75) is 12.6 Å². The van der Waals surface area contributed by atoms with Gasteiger partial charge in [-0.05, 0) is 17.7 Å². The predicted octanol–water partition coefficient (Wildman–Crippen LogP) is 2.45. The van der Waals surface area contributed by atoms with Crippen LogP contribution < -0.4 is 0 Å². The Bertz CT molecular complexity index is 761. The number of hydrogen-bond donors (Lipinski definition) is 1. The maximum Gasteiger partial charge on any atom is 0.274 e. The van der Waals surface area contributed by atoms with Crippen molar-refractivity contribution in [2.75, 3.05) is 6.54 Å². The molecule has 0 saturated carbocycles. The van der Waals surface area contributed by atoms with Gasteiger partial charge in [0.15, 0.2) is 0 Å². The highest BCUT2D eigenvalue weighted by Crippen LogP contribution is 2.17. The van der Waals surface area contributed by atoms with Gasteiger partial charge in [0.1, 0.15) is 17.6 Å². The van der Waals surface area contributed by atoms with Gasteiger partial charge < -0.3 is 14.4 Å². The third-order valence-electron chi connectivity index (χ3n) is 3.55. The van der Waals surface area contributed by atoms with Crippen LogP contribution in [0.1, 0.15) is 27.9 Å². The van der Waals surface area contributed by atoms with Gasteiger partial charge in [0, 0.05) is 18.9 Å². The Labute approximate surface area is 139 Å². The fourth-order valence-electron chi connectivity index (χ4n) is 2.37. The van der Waals surface area contributed by atoms with Gasteiger partial charge in [-0.3, -0.25) is 9.78 Å². The number of furan rings is 1. The summed E-state index contributed by atoms with van der Waals surface area (Å²) in [4.78, 5) is 22.3. The molecule has 0 aliphatic carbocycles. The minimum absolute atomic E-state index is 0.0951. The summed E-state index contributed by atoms with van der Waals surface area (Å²) in [6, 6.07) is 13.0. The van der Waals surface area contributed by atoms with Gasteiger partial charge in [-0.2, -0.15) is 0 Å². The number of nitrogens with zero attached hydrogens (tertiary/aromatic N) is 3. The summed E-state index contributed by atoms with van der Waals surface area (Å²) in [7, 11) is 0. The highest BCUT2D eigenvalue weighted by molar-refractivity contribution is 5.91. The van der Waals surface area contributed by atoms with Crippen molar-refractivity contribution < 1.29 is 14.3 Å². The summed E-state index contributed by atoms with van der Waals surface area (Å²) >= 11 is 0. The van der Waals surface area contributed by atoms with Crippen LogP contribution in [0.4, 0.5) is 0 Å². The highest BCUT2D eigenvalue weighted by Gasteiger charge is 2.22. The van der Waals surface area contributed by atoms with E-state index in [0.717, 1.165) is 5.56 Å². The molecule has 122 valence electrons. The van der Waals surface area contributed by atoms with Crippen LogP contribution in [0.15, 0.2) is 71.7 Å². The quantitative estimate of drug-likeness (QED) is 0.754. The van der Waals surface area contributed by atoms with Gasteiger partial charge in [0.2, 0.25) is 0 Å². The van der Waals surface area contributed by atoms with E-state index in [1.165, 1.54) is 29.8 Å². The average Bonchev–Trinajstić information content (AvgIpc) is 3.17. The van der Waals surface area contributed by atoms with Crippen molar-refractivity contribution in [2.24, 2.45) is 0 Å². The van der Waals surface area contributed by atoms with Crippen LogP contribution in [0.3, 0.4) is 0 Å². The third-order valence-corrected chi connectivity index (χ3v) is 3.55. The van der Waals surface area contributed by atoms with Crippen molar-refractivity contribution in [3.63, 3.8) is 0 Å². The van der Waals surface area contributed by atoms with Crippen LogP contribution >= 0.6 is 0 Å². The lowest BCUT2D eigenvalue weighted by molar-refractivity contribution is 0.0557. The zero-order chi connectivity index (χ0) is 16.8. The van der Waals surface area contributed by atoms with Crippen LogP contribution in [-0.4, -0.2) is 32.4 Å². The van der Waals surface area contributed by atoms with E-state index >= 15 is 0 Å². The molecule has 0 unspecified atom stereocenters. The van der Waals surface area contributed by atoms with Crippen molar-refractivity contribution in [1.29, 1.82) is 0 Å². The molecule has 1 amide bonds. The van der Waals surface area contributed by atoms with Crippen molar-refractivity contribution in [3.8, 4) is 0 Å². The highest BCUT2D eigenvalue weighted by atomic mass is 16.4. The lowest BCUT2D eigenvalue weighted by Crippen LogP contribution is -2.34. The predicted molar refractivity (Wildman–Crippen MR) is 86.9 cm³/mol. The molecule has 2 aromatic heterocycles. The molecule has 0 aliphatic rings. The molecule has 0 aliphatic heterocycles. The zero-order valence-corrected chi connectivity index (χ0v) is 12.9. The lowest BCUT2D eigenvalue weighted by Gasteiger charge is -2.24. The number of benzene rings is 1. The second-order valence-corrected chi connectivity index (χ2v) is 5.29. The van der Waals surface area contributed by atoms with E-state index < -0.39 is 6.10 Å². The molecule has 6 nitrogen and oxygen atoms in total. The first-order valence-electron chi connectivity index (χ1n) is 7.54.